The van der Waals surface area contributed by atoms with Crippen molar-refractivity contribution in [2.45, 2.75) is 32.8 Å². The molecule has 1 aromatic rings. The Bertz CT molecular complexity index is 498. The topological polar surface area (TPSA) is 64.3 Å². The van der Waals surface area contributed by atoms with Crippen molar-refractivity contribution in [3.63, 3.8) is 0 Å². The van der Waals surface area contributed by atoms with Crippen LogP contribution in [0.15, 0.2) is 18.2 Å². The van der Waals surface area contributed by atoms with Crippen LogP contribution in [0.2, 0.25) is 5.02 Å². The van der Waals surface area contributed by atoms with Crippen LogP contribution >= 0.6 is 23.8 Å². The van der Waals surface area contributed by atoms with Gasteiger partial charge >= 0.3 is 6.09 Å². The van der Waals surface area contributed by atoms with Gasteiger partial charge in [0.2, 0.25) is 0 Å². The second-order valence-electron chi connectivity index (χ2n) is 5.08. The van der Waals surface area contributed by atoms with Crippen molar-refractivity contribution in [2.75, 3.05) is 5.32 Å². The molecule has 0 atom stereocenters. The number of rotatable bonds is 3. The largest absolute Gasteiger partial charge is 0.444 e. The number of carbonyl (C=O) groups is 1. The Morgan fingerprint density at radius 2 is 2.11 bits per heavy atom. The number of hydrogen-bond acceptors (Lipinski definition) is 3. The highest BCUT2D eigenvalue weighted by Gasteiger charge is 2.17. The van der Waals surface area contributed by atoms with Crippen LogP contribution in [0, 0.1) is 0 Å². The number of nitrogens with two attached hydrogens (primary N) is 1. The summed E-state index contributed by atoms with van der Waals surface area (Å²) < 4.78 is 5.16. The molecule has 3 N–H and O–H groups in total. The molecule has 0 bridgehead atoms. The van der Waals surface area contributed by atoms with Crippen molar-refractivity contribution in [2.24, 2.45) is 5.73 Å². The van der Waals surface area contributed by atoms with E-state index in [4.69, 9.17) is 34.3 Å². The average Bonchev–Trinajstić information content (AvgIpc) is 2.19. The lowest BCUT2D eigenvalue weighted by molar-refractivity contribution is 0.0636. The van der Waals surface area contributed by atoms with Crippen molar-refractivity contribution < 1.29 is 9.53 Å². The SMILES string of the molecule is CC(C)(C)OC(=O)Nc1cc(CC(N)=S)ccc1Cl. The first-order valence-electron chi connectivity index (χ1n) is 5.74. The van der Waals surface area contributed by atoms with E-state index in [1.54, 1.807) is 32.9 Å². The first-order valence-corrected chi connectivity index (χ1v) is 6.53. The molecule has 0 aliphatic carbocycles. The second kappa shape index (κ2) is 6.21. The molecule has 0 saturated carbocycles. The minimum atomic E-state index is -0.563. The van der Waals surface area contributed by atoms with Crippen molar-refractivity contribution in [1.82, 2.24) is 0 Å². The van der Waals surface area contributed by atoms with E-state index in [2.05, 4.69) is 5.32 Å². The van der Waals surface area contributed by atoms with Crippen LogP contribution in [-0.2, 0) is 11.2 Å². The molecule has 0 unspecified atom stereocenters. The van der Waals surface area contributed by atoms with E-state index in [1.165, 1.54) is 0 Å². The number of hydrogen-bond donors (Lipinski definition) is 2. The lowest BCUT2D eigenvalue weighted by Gasteiger charge is -2.20. The molecule has 0 aliphatic heterocycles. The molecular formula is C13H17ClN2O2S. The Balaban J connectivity index is 2.82. The van der Waals surface area contributed by atoms with Gasteiger partial charge in [0.1, 0.15) is 5.60 Å². The molecule has 0 radical (unpaired) electrons. The number of carbonyl (C=O) groups excluding carboxylic acids is 1. The Kier molecular flexibility index (Phi) is 5.14. The highest BCUT2D eigenvalue weighted by atomic mass is 35.5. The third-order valence-electron chi connectivity index (χ3n) is 2.04. The molecule has 0 aliphatic rings. The monoisotopic (exact) mass is 300 g/mol. The van der Waals surface area contributed by atoms with E-state index in [-0.39, 0.29) is 0 Å². The number of nitrogens with one attached hydrogen (secondary N) is 1. The minimum absolute atomic E-state index is 0.380. The molecule has 104 valence electrons. The van der Waals surface area contributed by atoms with Crippen LogP contribution in [0.1, 0.15) is 26.3 Å². The number of ether oxygens (including phenoxy) is 1. The zero-order valence-electron chi connectivity index (χ0n) is 11.1. The normalized spacial score (nSPS) is 10.9. The third-order valence-corrected chi connectivity index (χ3v) is 2.52. The van der Waals surface area contributed by atoms with Gasteiger partial charge in [-0.1, -0.05) is 29.9 Å². The third kappa shape index (κ3) is 5.89. The molecule has 0 fully saturated rings. The van der Waals surface area contributed by atoms with Crippen molar-refractivity contribution in [3.8, 4) is 0 Å². The summed E-state index contributed by atoms with van der Waals surface area (Å²) in [6.07, 6.45) is -0.0999. The highest BCUT2D eigenvalue weighted by Crippen LogP contribution is 2.24. The Morgan fingerprint density at radius 1 is 1.47 bits per heavy atom. The number of thiocarbonyl (C=S) groups is 1. The Morgan fingerprint density at radius 3 is 2.63 bits per heavy atom. The van der Waals surface area contributed by atoms with Gasteiger partial charge in [0.05, 0.1) is 15.7 Å². The van der Waals surface area contributed by atoms with Crippen LogP contribution in [0.5, 0.6) is 0 Å². The number of benzene rings is 1. The van der Waals surface area contributed by atoms with Gasteiger partial charge in [0, 0.05) is 6.42 Å². The van der Waals surface area contributed by atoms with Crippen LogP contribution in [0.25, 0.3) is 0 Å². The molecule has 0 heterocycles. The van der Waals surface area contributed by atoms with Crippen LogP contribution < -0.4 is 11.1 Å². The second-order valence-corrected chi connectivity index (χ2v) is 6.02. The zero-order valence-corrected chi connectivity index (χ0v) is 12.7. The first-order chi connectivity index (χ1) is 8.67. The predicted molar refractivity (Wildman–Crippen MR) is 81.8 cm³/mol. The van der Waals surface area contributed by atoms with Crippen LogP contribution in [0.4, 0.5) is 10.5 Å². The maximum absolute atomic E-state index is 11.7. The summed E-state index contributed by atoms with van der Waals surface area (Å²) >= 11 is 10.9. The lowest BCUT2D eigenvalue weighted by Crippen LogP contribution is -2.27. The standard InChI is InChI=1S/C13H17ClN2O2S/c1-13(2,3)18-12(17)16-10-6-8(7-11(15)19)4-5-9(10)14/h4-6H,7H2,1-3H3,(H2,15,19)(H,16,17). The van der Waals surface area contributed by atoms with E-state index in [9.17, 15) is 4.79 Å². The lowest BCUT2D eigenvalue weighted by atomic mass is 10.1. The smallest absolute Gasteiger partial charge is 0.412 e. The first kappa shape index (κ1) is 15.7. The summed E-state index contributed by atoms with van der Waals surface area (Å²) in [4.78, 5) is 12.1. The van der Waals surface area contributed by atoms with Gasteiger partial charge in [0.15, 0.2) is 0 Å². The van der Waals surface area contributed by atoms with Gasteiger partial charge in [0.25, 0.3) is 0 Å². The average molecular weight is 301 g/mol. The van der Waals surface area contributed by atoms with E-state index in [1.807, 2.05) is 6.07 Å². The quantitative estimate of drug-likeness (QED) is 0.838. The summed E-state index contributed by atoms with van der Waals surface area (Å²) in [5.74, 6) is 0. The van der Waals surface area contributed by atoms with Gasteiger partial charge in [-0.05, 0) is 38.5 Å². The van der Waals surface area contributed by atoms with Crippen molar-refractivity contribution >= 4 is 40.6 Å². The minimum Gasteiger partial charge on any atom is -0.444 e. The maximum Gasteiger partial charge on any atom is 0.412 e. The molecule has 1 rings (SSSR count). The maximum atomic E-state index is 11.7. The summed E-state index contributed by atoms with van der Waals surface area (Å²) in [5.41, 5.74) is 6.28. The fraction of sp³-hybridized carbons (Fsp3) is 0.385. The summed E-state index contributed by atoms with van der Waals surface area (Å²) in [7, 11) is 0. The van der Waals surface area contributed by atoms with E-state index < -0.39 is 11.7 Å². The molecule has 1 aromatic carbocycles. The fourth-order valence-corrected chi connectivity index (χ4v) is 1.72. The Labute approximate surface area is 123 Å². The van der Waals surface area contributed by atoms with Crippen molar-refractivity contribution in [1.29, 1.82) is 0 Å². The van der Waals surface area contributed by atoms with Gasteiger partial charge < -0.3 is 10.5 Å². The van der Waals surface area contributed by atoms with E-state index in [0.717, 1.165) is 5.56 Å². The number of amides is 1. The van der Waals surface area contributed by atoms with Gasteiger partial charge in [-0.2, -0.15) is 0 Å². The van der Waals surface area contributed by atoms with Crippen molar-refractivity contribution in [3.05, 3.63) is 28.8 Å². The molecule has 1 amide bonds. The molecule has 0 spiro atoms. The summed E-state index contributed by atoms with van der Waals surface area (Å²) in [6.45, 7) is 5.37. The molecule has 6 heteroatoms. The van der Waals surface area contributed by atoms with Crippen LogP contribution in [-0.4, -0.2) is 16.7 Å². The number of anilines is 1. The van der Waals surface area contributed by atoms with E-state index in [0.29, 0.717) is 22.1 Å². The van der Waals surface area contributed by atoms with Gasteiger partial charge in [-0.3, -0.25) is 5.32 Å². The zero-order chi connectivity index (χ0) is 14.6. The predicted octanol–water partition coefficient (Wildman–Crippen LogP) is 3.52. The Hall–Kier alpha value is -1.33. The summed E-state index contributed by atoms with van der Waals surface area (Å²) in [5, 5.41) is 3.03. The number of halogens is 1. The fourth-order valence-electron chi connectivity index (χ4n) is 1.39. The molecule has 4 nitrogen and oxygen atoms in total. The van der Waals surface area contributed by atoms with Gasteiger partial charge in [-0.15, -0.1) is 0 Å². The van der Waals surface area contributed by atoms with Gasteiger partial charge in [-0.25, -0.2) is 4.79 Å². The molecule has 0 saturated heterocycles. The van der Waals surface area contributed by atoms with Crippen LogP contribution in [0.3, 0.4) is 0 Å². The van der Waals surface area contributed by atoms with E-state index >= 15 is 0 Å². The molecule has 0 aromatic heterocycles. The highest BCUT2D eigenvalue weighted by molar-refractivity contribution is 7.80. The molecular weight excluding hydrogens is 284 g/mol. The summed E-state index contributed by atoms with van der Waals surface area (Å²) in [6, 6.07) is 5.22. The molecule has 19 heavy (non-hydrogen) atoms.